The molecule has 0 saturated carbocycles. The van der Waals surface area contributed by atoms with E-state index in [1.807, 2.05) is 56.8 Å². The van der Waals surface area contributed by atoms with E-state index in [1.165, 1.54) is 0 Å². The maximum atomic E-state index is 12.5. The molecule has 3 amide bonds. The molecule has 1 fully saturated rings. The number of benzene rings is 1. The molecular formula is C22H28N4O3. The number of aryl methyl sites for hydroxylation is 2. The number of anilines is 1. The number of rotatable bonds is 6. The first kappa shape index (κ1) is 20.8. The molecule has 3 rings (SSSR count). The zero-order valence-electron chi connectivity index (χ0n) is 17.5. The fourth-order valence-corrected chi connectivity index (χ4v) is 4.08. The van der Waals surface area contributed by atoms with Gasteiger partial charge in [-0.25, -0.2) is 0 Å². The third-order valence-electron chi connectivity index (χ3n) is 6.05. The monoisotopic (exact) mass is 396 g/mol. The lowest BCUT2D eigenvalue weighted by molar-refractivity contribution is -0.138. The van der Waals surface area contributed by atoms with Gasteiger partial charge in [0.25, 0.3) is 0 Å². The van der Waals surface area contributed by atoms with Crippen LogP contribution in [0.25, 0.3) is 0 Å². The molecular weight excluding hydrogens is 368 g/mol. The van der Waals surface area contributed by atoms with Crippen molar-refractivity contribution in [1.82, 2.24) is 15.1 Å². The number of hydrogen-bond acceptors (Lipinski definition) is 4. The van der Waals surface area contributed by atoms with Crippen molar-refractivity contribution in [3.8, 4) is 0 Å². The van der Waals surface area contributed by atoms with Crippen molar-refractivity contribution in [2.45, 2.75) is 58.3 Å². The Hall–Kier alpha value is -2.96. The molecule has 7 heteroatoms. The van der Waals surface area contributed by atoms with Gasteiger partial charge in [-0.3, -0.25) is 24.4 Å². The molecule has 1 aromatic heterocycles. The minimum atomic E-state index is -0.689. The van der Waals surface area contributed by atoms with Gasteiger partial charge in [0, 0.05) is 31.3 Å². The van der Waals surface area contributed by atoms with Gasteiger partial charge >= 0.3 is 0 Å². The molecule has 154 valence electrons. The van der Waals surface area contributed by atoms with Crippen LogP contribution in [0, 0.1) is 13.8 Å². The number of amides is 3. The molecule has 7 nitrogen and oxygen atoms in total. The van der Waals surface area contributed by atoms with E-state index < -0.39 is 5.41 Å². The Bertz CT molecular complexity index is 946. The first-order valence-corrected chi connectivity index (χ1v) is 10.0. The molecule has 0 spiro atoms. The lowest BCUT2D eigenvalue weighted by Gasteiger charge is -2.35. The van der Waals surface area contributed by atoms with Crippen LogP contribution in [0.3, 0.4) is 0 Å². The van der Waals surface area contributed by atoms with Crippen LogP contribution in [0.2, 0.25) is 0 Å². The van der Waals surface area contributed by atoms with Crippen LogP contribution < -0.4 is 10.6 Å². The van der Waals surface area contributed by atoms with Gasteiger partial charge in [-0.1, -0.05) is 19.1 Å². The van der Waals surface area contributed by atoms with Crippen LogP contribution in [0.4, 0.5) is 5.69 Å². The van der Waals surface area contributed by atoms with Crippen LogP contribution >= 0.6 is 0 Å². The van der Waals surface area contributed by atoms with E-state index in [-0.39, 0.29) is 17.7 Å². The van der Waals surface area contributed by atoms with E-state index in [1.54, 1.807) is 0 Å². The van der Waals surface area contributed by atoms with Gasteiger partial charge in [-0.05, 0) is 56.4 Å². The molecule has 2 heterocycles. The third kappa shape index (κ3) is 4.09. The van der Waals surface area contributed by atoms with E-state index in [9.17, 15) is 14.4 Å². The van der Waals surface area contributed by atoms with Gasteiger partial charge in [0.1, 0.15) is 0 Å². The lowest BCUT2D eigenvalue weighted by atomic mass is 9.72. The van der Waals surface area contributed by atoms with Crippen LogP contribution in [-0.2, 0) is 33.3 Å². The highest BCUT2D eigenvalue weighted by Gasteiger charge is 2.42. The SMILES string of the molecule is CCC1(c2ccc(NC(=O)CCc3c(C)nn(C)c3C)cc2)CCC(=O)NC1=O. The molecule has 1 unspecified atom stereocenters. The molecule has 1 aromatic carbocycles. The minimum absolute atomic E-state index is 0.0633. The van der Waals surface area contributed by atoms with Gasteiger partial charge in [0.15, 0.2) is 0 Å². The molecule has 1 aliphatic rings. The first-order valence-electron chi connectivity index (χ1n) is 10.0. The van der Waals surface area contributed by atoms with Crippen molar-refractivity contribution >= 4 is 23.4 Å². The standard InChI is InChI=1S/C22H28N4O3/c1-5-22(13-12-20(28)24-21(22)29)16-6-8-17(9-7-16)23-19(27)11-10-18-14(2)25-26(4)15(18)3/h6-9H,5,10-13H2,1-4H3,(H,23,27)(H,24,28,29). The molecule has 0 radical (unpaired) electrons. The summed E-state index contributed by atoms with van der Waals surface area (Å²) in [5.74, 6) is -0.524. The highest BCUT2D eigenvalue weighted by molar-refractivity contribution is 6.03. The first-order chi connectivity index (χ1) is 13.8. The van der Waals surface area contributed by atoms with Crippen molar-refractivity contribution in [3.63, 3.8) is 0 Å². The second-order valence-electron chi connectivity index (χ2n) is 7.71. The van der Waals surface area contributed by atoms with Crippen LogP contribution in [0.5, 0.6) is 0 Å². The average molecular weight is 396 g/mol. The zero-order valence-corrected chi connectivity index (χ0v) is 17.5. The Morgan fingerprint density at radius 1 is 1.24 bits per heavy atom. The summed E-state index contributed by atoms with van der Waals surface area (Å²) in [6.45, 7) is 5.91. The predicted octanol–water partition coefficient (Wildman–Crippen LogP) is 2.69. The Balaban J connectivity index is 1.65. The van der Waals surface area contributed by atoms with Crippen molar-refractivity contribution in [2.75, 3.05) is 5.32 Å². The summed E-state index contributed by atoms with van der Waals surface area (Å²) in [5.41, 5.74) is 4.01. The van der Waals surface area contributed by atoms with Gasteiger partial charge in [0.2, 0.25) is 17.7 Å². The largest absolute Gasteiger partial charge is 0.326 e. The minimum Gasteiger partial charge on any atom is -0.326 e. The van der Waals surface area contributed by atoms with Crippen molar-refractivity contribution < 1.29 is 14.4 Å². The number of nitrogens with zero attached hydrogens (tertiary/aromatic N) is 2. The summed E-state index contributed by atoms with van der Waals surface area (Å²) in [7, 11) is 1.90. The van der Waals surface area contributed by atoms with E-state index in [4.69, 9.17) is 0 Å². The van der Waals surface area contributed by atoms with Crippen LogP contribution in [0.15, 0.2) is 24.3 Å². The maximum absolute atomic E-state index is 12.5. The second-order valence-corrected chi connectivity index (χ2v) is 7.71. The van der Waals surface area contributed by atoms with E-state index in [0.29, 0.717) is 37.8 Å². The topological polar surface area (TPSA) is 93.1 Å². The van der Waals surface area contributed by atoms with Gasteiger partial charge < -0.3 is 5.32 Å². The normalized spacial score (nSPS) is 19.2. The Labute approximate surface area is 170 Å². The van der Waals surface area contributed by atoms with Crippen LogP contribution in [-0.4, -0.2) is 27.5 Å². The number of piperidine rings is 1. The van der Waals surface area contributed by atoms with Gasteiger partial charge in [-0.2, -0.15) is 5.10 Å². The smallest absolute Gasteiger partial charge is 0.237 e. The number of imide groups is 1. The fourth-order valence-electron chi connectivity index (χ4n) is 4.08. The molecule has 1 atom stereocenters. The van der Waals surface area contributed by atoms with Gasteiger partial charge in [-0.15, -0.1) is 0 Å². The van der Waals surface area contributed by atoms with Crippen molar-refractivity contribution in [3.05, 3.63) is 46.8 Å². The van der Waals surface area contributed by atoms with E-state index in [0.717, 1.165) is 22.5 Å². The molecule has 0 aliphatic carbocycles. The molecule has 0 bridgehead atoms. The van der Waals surface area contributed by atoms with Crippen molar-refractivity contribution in [2.24, 2.45) is 7.05 Å². The Morgan fingerprint density at radius 2 is 1.93 bits per heavy atom. The predicted molar refractivity (Wildman–Crippen MR) is 110 cm³/mol. The number of carbonyl (C=O) groups is 3. The van der Waals surface area contributed by atoms with Crippen LogP contribution in [0.1, 0.15) is 55.1 Å². The number of hydrogen-bond donors (Lipinski definition) is 2. The Morgan fingerprint density at radius 3 is 2.48 bits per heavy atom. The number of aromatic nitrogens is 2. The number of nitrogens with one attached hydrogen (secondary N) is 2. The Kier molecular flexibility index (Phi) is 5.86. The summed E-state index contributed by atoms with van der Waals surface area (Å²) >= 11 is 0. The van der Waals surface area contributed by atoms with Crippen molar-refractivity contribution in [1.29, 1.82) is 0 Å². The van der Waals surface area contributed by atoms with Gasteiger partial charge in [0.05, 0.1) is 11.1 Å². The van der Waals surface area contributed by atoms with E-state index in [2.05, 4.69) is 15.7 Å². The summed E-state index contributed by atoms with van der Waals surface area (Å²) in [6.07, 6.45) is 2.47. The summed E-state index contributed by atoms with van der Waals surface area (Å²) in [4.78, 5) is 36.4. The maximum Gasteiger partial charge on any atom is 0.237 e. The summed E-state index contributed by atoms with van der Waals surface area (Å²) in [5, 5.41) is 9.75. The number of carbonyl (C=O) groups excluding carboxylic acids is 3. The fraction of sp³-hybridized carbons (Fsp3) is 0.455. The van der Waals surface area contributed by atoms with E-state index >= 15 is 0 Å². The molecule has 1 aliphatic heterocycles. The summed E-state index contributed by atoms with van der Waals surface area (Å²) in [6, 6.07) is 7.36. The molecule has 2 N–H and O–H groups in total. The summed E-state index contributed by atoms with van der Waals surface area (Å²) < 4.78 is 1.83. The highest BCUT2D eigenvalue weighted by atomic mass is 16.2. The molecule has 1 saturated heterocycles. The molecule has 29 heavy (non-hydrogen) atoms. The highest BCUT2D eigenvalue weighted by Crippen LogP contribution is 2.36. The quantitative estimate of drug-likeness (QED) is 0.734. The third-order valence-corrected chi connectivity index (χ3v) is 6.05. The molecule has 2 aromatic rings. The lowest BCUT2D eigenvalue weighted by Crippen LogP contribution is -2.51. The average Bonchev–Trinajstić information content (AvgIpc) is 2.93. The zero-order chi connectivity index (χ0) is 21.2. The second kappa shape index (κ2) is 8.19.